The fourth-order valence-electron chi connectivity index (χ4n) is 2.18. The number of alkyl halides is 3. The first kappa shape index (κ1) is 17.5. The van der Waals surface area contributed by atoms with Crippen molar-refractivity contribution in [2.75, 3.05) is 12.4 Å². The summed E-state index contributed by atoms with van der Waals surface area (Å²) < 4.78 is 43.7. The molecule has 4 nitrogen and oxygen atoms in total. The Bertz CT molecular complexity index is 956. The Kier molecular flexibility index (Phi) is 4.57. The van der Waals surface area contributed by atoms with Crippen LogP contribution in [0.15, 0.2) is 36.4 Å². The molecular formula is C16H10ClF3N2O2S. The number of anilines is 1. The van der Waals surface area contributed by atoms with Crippen LogP contribution in [0.2, 0.25) is 5.02 Å². The number of amides is 1. The van der Waals surface area contributed by atoms with Gasteiger partial charge >= 0.3 is 6.18 Å². The molecule has 1 aromatic heterocycles. The predicted octanol–water partition coefficient (Wildman–Crippen LogP) is 5.23. The summed E-state index contributed by atoms with van der Waals surface area (Å²) >= 11 is 6.84. The minimum atomic E-state index is -4.43. The lowest BCUT2D eigenvalue weighted by molar-refractivity contribution is -0.137. The predicted molar refractivity (Wildman–Crippen MR) is 90.6 cm³/mol. The molecule has 0 bridgehead atoms. The number of methoxy groups -OCH3 is 1. The highest BCUT2D eigenvalue weighted by Crippen LogP contribution is 2.34. The average Bonchev–Trinajstić information content (AvgIpc) is 2.95. The number of thiazole rings is 1. The zero-order valence-corrected chi connectivity index (χ0v) is 14.2. The van der Waals surface area contributed by atoms with E-state index in [0.717, 1.165) is 23.5 Å². The second-order valence-corrected chi connectivity index (χ2v) is 6.47. The van der Waals surface area contributed by atoms with Crippen LogP contribution in [0.3, 0.4) is 0 Å². The van der Waals surface area contributed by atoms with Crippen LogP contribution in [0.1, 0.15) is 15.9 Å². The lowest BCUT2D eigenvalue weighted by Gasteiger charge is -2.08. The zero-order valence-electron chi connectivity index (χ0n) is 12.6. The van der Waals surface area contributed by atoms with Crippen molar-refractivity contribution in [2.24, 2.45) is 0 Å². The van der Waals surface area contributed by atoms with E-state index in [1.807, 2.05) is 0 Å². The average molecular weight is 387 g/mol. The lowest BCUT2D eigenvalue weighted by atomic mass is 10.2. The fraction of sp³-hybridized carbons (Fsp3) is 0.125. The number of nitrogens with zero attached hydrogens (tertiary/aromatic N) is 1. The molecular weight excluding hydrogens is 377 g/mol. The second-order valence-electron chi connectivity index (χ2n) is 5.00. The highest BCUT2D eigenvalue weighted by Gasteiger charge is 2.30. The van der Waals surface area contributed by atoms with Gasteiger partial charge in [-0.25, -0.2) is 4.98 Å². The monoisotopic (exact) mass is 386 g/mol. The van der Waals surface area contributed by atoms with Gasteiger partial charge in [0.2, 0.25) is 0 Å². The van der Waals surface area contributed by atoms with Gasteiger partial charge in [-0.15, -0.1) is 0 Å². The largest absolute Gasteiger partial charge is 0.496 e. The zero-order chi connectivity index (χ0) is 18.2. The molecule has 0 radical (unpaired) electrons. The summed E-state index contributed by atoms with van der Waals surface area (Å²) in [5.41, 5.74) is -0.199. The van der Waals surface area contributed by atoms with Gasteiger partial charge in [0.1, 0.15) is 5.75 Å². The van der Waals surface area contributed by atoms with E-state index in [1.54, 1.807) is 12.1 Å². The molecule has 1 amide bonds. The number of halogens is 4. The molecule has 1 N–H and O–H groups in total. The van der Waals surface area contributed by atoms with Crippen molar-refractivity contribution in [1.29, 1.82) is 0 Å². The number of ether oxygens (including phenoxy) is 1. The Morgan fingerprint density at radius 2 is 2.00 bits per heavy atom. The Balaban J connectivity index is 1.90. The first-order valence-corrected chi connectivity index (χ1v) is 8.10. The van der Waals surface area contributed by atoms with E-state index < -0.39 is 17.6 Å². The van der Waals surface area contributed by atoms with Crippen LogP contribution in [0.4, 0.5) is 18.3 Å². The Morgan fingerprint density at radius 3 is 2.68 bits per heavy atom. The number of nitrogens with one attached hydrogen (secondary N) is 1. The van der Waals surface area contributed by atoms with E-state index in [1.165, 1.54) is 19.2 Å². The van der Waals surface area contributed by atoms with E-state index in [9.17, 15) is 18.0 Å². The number of hydrogen-bond donors (Lipinski definition) is 1. The van der Waals surface area contributed by atoms with Crippen LogP contribution < -0.4 is 10.1 Å². The molecule has 0 saturated carbocycles. The van der Waals surface area contributed by atoms with Gasteiger partial charge in [-0.3, -0.25) is 10.1 Å². The van der Waals surface area contributed by atoms with Crippen molar-refractivity contribution in [2.45, 2.75) is 6.18 Å². The number of carbonyl (C=O) groups is 1. The molecule has 3 rings (SSSR count). The van der Waals surface area contributed by atoms with Gasteiger partial charge in [-0.05, 0) is 36.4 Å². The third-order valence-corrected chi connectivity index (χ3v) is 4.51. The molecule has 0 aliphatic rings. The fourth-order valence-corrected chi connectivity index (χ4v) is 3.25. The second kappa shape index (κ2) is 6.53. The van der Waals surface area contributed by atoms with Crippen LogP contribution >= 0.6 is 22.9 Å². The third-order valence-electron chi connectivity index (χ3n) is 3.34. The van der Waals surface area contributed by atoms with Gasteiger partial charge in [0.25, 0.3) is 5.91 Å². The molecule has 0 saturated heterocycles. The first-order chi connectivity index (χ1) is 11.8. The molecule has 25 heavy (non-hydrogen) atoms. The van der Waals surface area contributed by atoms with Crippen LogP contribution in [-0.2, 0) is 6.18 Å². The topological polar surface area (TPSA) is 51.2 Å². The number of carbonyl (C=O) groups excluding carboxylic acids is 1. The number of fused-ring (bicyclic) bond motifs is 1. The Labute approximate surface area is 149 Å². The van der Waals surface area contributed by atoms with Crippen LogP contribution in [0.5, 0.6) is 5.75 Å². The standard InChI is InChI=1S/C16H10ClF3N2O2S/c1-24-12-5-3-9(17)7-10(12)14(23)22-15-21-11-4-2-8(16(18,19)20)6-13(11)25-15/h2-7H,1H3,(H,21,22,23). The third kappa shape index (κ3) is 3.69. The van der Waals surface area contributed by atoms with E-state index in [0.29, 0.717) is 21.0 Å². The number of benzene rings is 2. The highest BCUT2D eigenvalue weighted by atomic mass is 35.5. The van der Waals surface area contributed by atoms with Crippen molar-refractivity contribution in [3.63, 3.8) is 0 Å². The summed E-state index contributed by atoms with van der Waals surface area (Å²) in [7, 11) is 1.41. The normalized spacial score (nSPS) is 11.6. The Hall–Kier alpha value is -2.32. The maximum absolute atomic E-state index is 12.8. The maximum atomic E-state index is 12.8. The summed E-state index contributed by atoms with van der Waals surface area (Å²) in [5, 5.41) is 3.09. The minimum absolute atomic E-state index is 0.182. The highest BCUT2D eigenvalue weighted by molar-refractivity contribution is 7.22. The lowest BCUT2D eigenvalue weighted by Crippen LogP contribution is -2.13. The van der Waals surface area contributed by atoms with Crippen LogP contribution in [-0.4, -0.2) is 18.0 Å². The molecule has 9 heteroatoms. The quantitative estimate of drug-likeness (QED) is 0.670. The molecule has 0 unspecified atom stereocenters. The van der Waals surface area contributed by atoms with Crippen molar-refractivity contribution < 1.29 is 22.7 Å². The molecule has 1 heterocycles. The molecule has 0 aliphatic carbocycles. The van der Waals surface area contributed by atoms with E-state index in [-0.39, 0.29) is 10.7 Å². The first-order valence-electron chi connectivity index (χ1n) is 6.90. The minimum Gasteiger partial charge on any atom is -0.496 e. The summed E-state index contributed by atoms with van der Waals surface area (Å²) in [5.74, 6) is -0.197. The maximum Gasteiger partial charge on any atom is 0.416 e. The summed E-state index contributed by atoms with van der Waals surface area (Å²) in [6, 6.07) is 7.78. The van der Waals surface area contributed by atoms with Crippen LogP contribution in [0, 0.1) is 0 Å². The number of aromatic nitrogens is 1. The molecule has 130 valence electrons. The van der Waals surface area contributed by atoms with Gasteiger partial charge in [0.15, 0.2) is 5.13 Å². The smallest absolute Gasteiger partial charge is 0.416 e. The van der Waals surface area contributed by atoms with Gasteiger partial charge in [0.05, 0.1) is 28.5 Å². The molecule has 0 aliphatic heterocycles. The van der Waals surface area contributed by atoms with Gasteiger partial charge in [0, 0.05) is 5.02 Å². The Morgan fingerprint density at radius 1 is 1.24 bits per heavy atom. The molecule has 2 aromatic carbocycles. The van der Waals surface area contributed by atoms with Crippen molar-refractivity contribution >= 4 is 44.2 Å². The summed E-state index contributed by atoms with van der Waals surface area (Å²) in [6.45, 7) is 0. The SMILES string of the molecule is COc1ccc(Cl)cc1C(=O)Nc1nc2ccc(C(F)(F)F)cc2s1. The molecule has 0 fully saturated rings. The van der Waals surface area contributed by atoms with Crippen molar-refractivity contribution in [3.8, 4) is 5.75 Å². The van der Waals surface area contributed by atoms with E-state index in [2.05, 4.69) is 10.3 Å². The van der Waals surface area contributed by atoms with Crippen LogP contribution in [0.25, 0.3) is 10.2 Å². The number of rotatable bonds is 3. The van der Waals surface area contributed by atoms with Gasteiger partial charge in [-0.2, -0.15) is 13.2 Å². The molecule has 3 aromatic rings. The number of hydrogen-bond acceptors (Lipinski definition) is 4. The van der Waals surface area contributed by atoms with E-state index in [4.69, 9.17) is 16.3 Å². The van der Waals surface area contributed by atoms with E-state index >= 15 is 0 Å². The van der Waals surface area contributed by atoms with Gasteiger partial charge < -0.3 is 4.74 Å². The summed E-state index contributed by atoms with van der Waals surface area (Å²) in [6.07, 6.45) is -4.43. The molecule has 0 spiro atoms. The van der Waals surface area contributed by atoms with Crippen molar-refractivity contribution in [1.82, 2.24) is 4.98 Å². The summed E-state index contributed by atoms with van der Waals surface area (Å²) in [4.78, 5) is 16.5. The molecule has 0 atom stereocenters. The van der Waals surface area contributed by atoms with Crippen molar-refractivity contribution in [3.05, 3.63) is 52.5 Å². The van der Waals surface area contributed by atoms with Gasteiger partial charge in [-0.1, -0.05) is 22.9 Å².